The van der Waals surface area contributed by atoms with Crippen LogP contribution in [-0.4, -0.2) is 12.6 Å². The van der Waals surface area contributed by atoms with E-state index in [1.807, 2.05) is 0 Å². The molecule has 96 valence electrons. The number of hydrogen-bond donors (Lipinski definition) is 1. The van der Waals surface area contributed by atoms with Crippen LogP contribution < -0.4 is 5.48 Å². The van der Waals surface area contributed by atoms with Gasteiger partial charge in [-0.05, 0) is 36.5 Å². The van der Waals surface area contributed by atoms with E-state index in [-0.39, 0.29) is 0 Å². The van der Waals surface area contributed by atoms with Gasteiger partial charge in [-0.1, -0.05) is 41.0 Å². The fourth-order valence-electron chi connectivity index (χ4n) is 2.66. The third kappa shape index (κ3) is 4.42. The molecule has 0 amide bonds. The van der Waals surface area contributed by atoms with Crippen molar-refractivity contribution in [1.82, 2.24) is 5.48 Å². The molecule has 2 nitrogen and oxygen atoms in total. The summed E-state index contributed by atoms with van der Waals surface area (Å²) in [5.41, 5.74) is 3.31. The lowest BCUT2D eigenvalue weighted by atomic mass is 9.74. The number of hydrogen-bond acceptors (Lipinski definition) is 2. The topological polar surface area (TPSA) is 21.3 Å². The van der Waals surface area contributed by atoms with Gasteiger partial charge in [-0.3, -0.25) is 0 Å². The van der Waals surface area contributed by atoms with Crippen LogP contribution in [0.2, 0.25) is 0 Å². The zero-order valence-corrected chi connectivity index (χ0v) is 11.6. The van der Waals surface area contributed by atoms with Crippen molar-refractivity contribution in [3.05, 3.63) is 0 Å². The molecule has 0 bridgehead atoms. The van der Waals surface area contributed by atoms with E-state index in [9.17, 15) is 0 Å². The van der Waals surface area contributed by atoms with E-state index in [4.69, 9.17) is 4.84 Å². The molecule has 1 rings (SSSR count). The average Bonchev–Trinajstić information content (AvgIpc) is 2.16. The normalized spacial score (nSPS) is 31.3. The summed E-state index contributed by atoms with van der Waals surface area (Å²) < 4.78 is 0. The van der Waals surface area contributed by atoms with Gasteiger partial charge in [0.25, 0.3) is 0 Å². The quantitative estimate of drug-likeness (QED) is 0.724. The van der Waals surface area contributed by atoms with Crippen LogP contribution in [0.4, 0.5) is 0 Å². The highest BCUT2D eigenvalue weighted by molar-refractivity contribution is 4.83. The summed E-state index contributed by atoms with van der Waals surface area (Å²) in [5, 5.41) is 0. The summed E-state index contributed by atoms with van der Waals surface area (Å²) in [5.74, 6) is 2.98. The molecule has 1 aliphatic rings. The minimum Gasteiger partial charge on any atom is -0.301 e. The van der Waals surface area contributed by atoms with E-state index in [1.165, 1.54) is 19.3 Å². The number of hydroxylamine groups is 1. The Kier molecular flexibility index (Phi) is 5.77. The Morgan fingerprint density at radius 2 is 1.88 bits per heavy atom. The highest BCUT2D eigenvalue weighted by atomic mass is 16.6. The molecule has 1 saturated carbocycles. The molecule has 16 heavy (non-hydrogen) atoms. The largest absolute Gasteiger partial charge is 0.301 e. The molecule has 0 spiro atoms. The second-order valence-corrected chi connectivity index (χ2v) is 6.26. The van der Waals surface area contributed by atoms with Gasteiger partial charge in [0, 0.05) is 6.04 Å². The van der Waals surface area contributed by atoms with Crippen LogP contribution >= 0.6 is 0 Å². The standard InChI is InChI=1S/C14H29NO/c1-10(2)9-16-15-14-8-12(5)6-7-13(14)11(3)4/h10-15H,6-9H2,1-5H3. The third-order valence-corrected chi connectivity index (χ3v) is 3.67. The van der Waals surface area contributed by atoms with Gasteiger partial charge >= 0.3 is 0 Å². The van der Waals surface area contributed by atoms with Crippen LogP contribution in [-0.2, 0) is 4.84 Å². The molecular weight excluding hydrogens is 198 g/mol. The van der Waals surface area contributed by atoms with Crippen LogP contribution in [0.1, 0.15) is 53.9 Å². The Labute approximate surface area is 101 Å². The van der Waals surface area contributed by atoms with Crippen molar-refractivity contribution in [2.75, 3.05) is 6.61 Å². The van der Waals surface area contributed by atoms with Crippen molar-refractivity contribution in [3.8, 4) is 0 Å². The van der Waals surface area contributed by atoms with Gasteiger partial charge in [-0.25, -0.2) is 0 Å². The molecule has 0 aromatic rings. The van der Waals surface area contributed by atoms with Crippen molar-refractivity contribution in [1.29, 1.82) is 0 Å². The fourth-order valence-corrected chi connectivity index (χ4v) is 2.66. The minimum atomic E-state index is 0.558. The third-order valence-electron chi connectivity index (χ3n) is 3.67. The maximum atomic E-state index is 5.61. The Morgan fingerprint density at radius 3 is 2.44 bits per heavy atom. The number of nitrogens with one attached hydrogen (secondary N) is 1. The second kappa shape index (κ2) is 6.61. The molecule has 0 radical (unpaired) electrons. The molecular formula is C14H29NO. The minimum absolute atomic E-state index is 0.558. The molecule has 3 atom stereocenters. The van der Waals surface area contributed by atoms with Gasteiger partial charge in [-0.15, -0.1) is 0 Å². The first kappa shape index (κ1) is 14.0. The zero-order chi connectivity index (χ0) is 12.1. The van der Waals surface area contributed by atoms with Crippen molar-refractivity contribution in [3.63, 3.8) is 0 Å². The molecule has 0 aromatic heterocycles. The van der Waals surface area contributed by atoms with E-state index >= 15 is 0 Å². The molecule has 1 N–H and O–H groups in total. The van der Waals surface area contributed by atoms with Crippen LogP contribution in [0.3, 0.4) is 0 Å². The molecule has 0 saturated heterocycles. The smallest absolute Gasteiger partial charge is 0.0705 e. The van der Waals surface area contributed by atoms with Crippen LogP contribution in [0.5, 0.6) is 0 Å². The SMILES string of the molecule is CC(C)CONC1CC(C)CCC1C(C)C. The maximum Gasteiger partial charge on any atom is 0.0705 e. The van der Waals surface area contributed by atoms with Gasteiger partial charge < -0.3 is 4.84 Å². The molecule has 1 aliphatic carbocycles. The Hall–Kier alpha value is -0.0800. The molecule has 0 aromatic carbocycles. The van der Waals surface area contributed by atoms with Crippen molar-refractivity contribution in [2.24, 2.45) is 23.7 Å². The monoisotopic (exact) mass is 227 g/mol. The first-order chi connectivity index (χ1) is 7.50. The van der Waals surface area contributed by atoms with Crippen molar-refractivity contribution in [2.45, 2.75) is 59.9 Å². The molecule has 1 fully saturated rings. The maximum absolute atomic E-state index is 5.61. The van der Waals surface area contributed by atoms with E-state index < -0.39 is 0 Å². The van der Waals surface area contributed by atoms with Crippen LogP contribution in [0.15, 0.2) is 0 Å². The fraction of sp³-hybridized carbons (Fsp3) is 1.00. The molecule has 0 heterocycles. The van der Waals surface area contributed by atoms with Crippen LogP contribution in [0.25, 0.3) is 0 Å². The first-order valence-corrected chi connectivity index (χ1v) is 6.88. The van der Waals surface area contributed by atoms with E-state index in [0.717, 1.165) is 24.4 Å². The summed E-state index contributed by atoms with van der Waals surface area (Å²) in [6, 6.07) is 0.558. The first-order valence-electron chi connectivity index (χ1n) is 6.88. The summed E-state index contributed by atoms with van der Waals surface area (Å²) >= 11 is 0. The lowest BCUT2D eigenvalue weighted by Crippen LogP contribution is -2.43. The van der Waals surface area contributed by atoms with Gasteiger partial charge in [0.15, 0.2) is 0 Å². The van der Waals surface area contributed by atoms with Gasteiger partial charge in [0.2, 0.25) is 0 Å². The van der Waals surface area contributed by atoms with E-state index in [2.05, 4.69) is 40.1 Å². The van der Waals surface area contributed by atoms with Gasteiger partial charge in [-0.2, -0.15) is 5.48 Å². The average molecular weight is 227 g/mol. The highest BCUT2D eigenvalue weighted by Gasteiger charge is 2.30. The summed E-state index contributed by atoms with van der Waals surface area (Å²) in [4.78, 5) is 5.61. The predicted octanol–water partition coefficient (Wildman–Crippen LogP) is 3.62. The van der Waals surface area contributed by atoms with Gasteiger partial charge in [0.05, 0.1) is 6.61 Å². The second-order valence-electron chi connectivity index (χ2n) is 6.26. The molecule has 3 unspecified atom stereocenters. The highest BCUT2D eigenvalue weighted by Crippen LogP contribution is 2.33. The molecule has 2 heteroatoms. The zero-order valence-electron chi connectivity index (χ0n) is 11.6. The van der Waals surface area contributed by atoms with E-state index in [1.54, 1.807) is 0 Å². The number of rotatable bonds is 5. The molecule has 0 aliphatic heterocycles. The van der Waals surface area contributed by atoms with Crippen molar-refractivity contribution < 1.29 is 4.84 Å². The summed E-state index contributed by atoms with van der Waals surface area (Å²) in [7, 11) is 0. The summed E-state index contributed by atoms with van der Waals surface area (Å²) in [6.07, 6.45) is 3.99. The van der Waals surface area contributed by atoms with Gasteiger partial charge in [0.1, 0.15) is 0 Å². The summed E-state index contributed by atoms with van der Waals surface area (Å²) in [6.45, 7) is 12.2. The lowest BCUT2D eigenvalue weighted by molar-refractivity contribution is -0.0337. The lowest BCUT2D eigenvalue weighted by Gasteiger charge is -2.37. The Morgan fingerprint density at radius 1 is 1.19 bits per heavy atom. The Bertz CT molecular complexity index is 191. The van der Waals surface area contributed by atoms with E-state index in [0.29, 0.717) is 12.0 Å². The van der Waals surface area contributed by atoms with Crippen molar-refractivity contribution >= 4 is 0 Å². The van der Waals surface area contributed by atoms with Crippen LogP contribution in [0, 0.1) is 23.7 Å². The predicted molar refractivity (Wildman–Crippen MR) is 69.1 cm³/mol. The Balaban J connectivity index is 2.38.